The van der Waals surface area contributed by atoms with Crippen molar-refractivity contribution in [3.8, 4) is 0 Å². The fourth-order valence-electron chi connectivity index (χ4n) is 5.25. The molecule has 0 aromatic heterocycles. The van der Waals surface area contributed by atoms with Crippen molar-refractivity contribution in [2.75, 3.05) is 54.1 Å². The Labute approximate surface area is 290 Å². The summed E-state index contributed by atoms with van der Waals surface area (Å²) in [6, 6.07) is 0. The van der Waals surface area contributed by atoms with Gasteiger partial charge >= 0.3 is 13.8 Å². The van der Waals surface area contributed by atoms with Crippen LogP contribution in [0.5, 0.6) is 0 Å². The van der Waals surface area contributed by atoms with Gasteiger partial charge in [0.15, 0.2) is 0 Å². The molecule has 0 aliphatic heterocycles. The maximum Gasteiger partial charge on any atom is 0.472 e. The summed E-state index contributed by atoms with van der Waals surface area (Å²) in [5.41, 5.74) is 0. The average Bonchev–Trinajstić information content (AvgIpc) is 3.01. The number of hydrogen-bond donors (Lipinski definition) is 1. The zero-order chi connectivity index (χ0) is 34.9. The van der Waals surface area contributed by atoms with E-state index in [1.54, 1.807) is 0 Å². The Hall–Kier alpha value is -0.760. The van der Waals surface area contributed by atoms with E-state index in [1.165, 1.54) is 116 Å². The number of phosphoric ester groups is 1. The van der Waals surface area contributed by atoms with Crippen LogP contribution in [0.1, 0.15) is 168 Å². The van der Waals surface area contributed by atoms with Crippen molar-refractivity contribution in [3.63, 3.8) is 0 Å². The molecule has 0 radical (unpaired) electrons. The molecule has 0 rings (SSSR count). The second-order valence-corrected chi connectivity index (χ2v) is 15.8. The van der Waals surface area contributed by atoms with Crippen LogP contribution in [0.2, 0.25) is 0 Å². The molecule has 2 atom stereocenters. The lowest BCUT2D eigenvalue weighted by Gasteiger charge is -2.24. The smallest absolute Gasteiger partial charge is 0.457 e. The standard InChI is InChI=1S/C38H76NO7P/c1-6-8-10-12-14-16-17-18-19-20-21-22-23-24-26-28-30-33-43-35-37(36-45-47(41,42)44-34-32-39(3,4)5)46-38(40)31-29-27-25-15-13-11-9-7-2/h19-20,37H,6-18,21-36H2,1-5H3/p+1/b20-19-. The van der Waals surface area contributed by atoms with Crippen molar-refractivity contribution in [1.29, 1.82) is 0 Å². The fraction of sp³-hybridized carbons (Fsp3) is 0.921. The van der Waals surface area contributed by atoms with Gasteiger partial charge in [0, 0.05) is 13.0 Å². The Bertz CT molecular complexity index is 772. The summed E-state index contributed by atoms with van der Waals surface area (Å²) in [6.45, 7) is 5.59. The lowest BCUT2D eigenvalue weighted by Crippen LogP contribution is -2.37. The molecular weight excluding hydrogens is 613 g/mol. The topological polar surface area (TPSA) is 91.3 Å². The first kappa shape index (κ1) is 46.2. The minimum absolute atomic E-state index is 0.0900. The predicted octanol–water partition coefficient (Wildman–Crippen LogP) is 10.7. The van der Waals surface area contributed by atoms with E-state index >= 15 is 0 Å². The van der Waals surface area contributed by atoms with E-state index in [0.717, 1.165) is 32.1 Å². The Balaban J connectivity index is 4.20. The summed E-state index contributed by atoms with van der Waals surface area (Å²) in [6.07, 6.45) is 32.4. The molecule has 280 valence electrons. The molecule has 0 heterocycles. The van der Waals surface area contributed by atoms with E-state index in [4.69, 9.17) is 18.5 Å². The van der Waals surface area contributed by atoms with Crippen LogP contribution in [-0.2, 0) is 27.9 Å². The molecule has 1 N–H and O–H groups in total. The van der Waals surface area contributed by atoms with Gasteiger partial charge in [0.1, 0.15) is 19.3 Å². The highest BCUT2D eigenvalue weighted by Gasteiger charge is 2.26. The molecule has 0 spiro atoms. The highest BCUT2D eigenvalue weighted by Crippen LogP contribution is 2.43. The number of rotatable bonds is 36. The minimum Gasteiger partial charge on any atom is -0.457 e. The predicted molar refractivity (Wildman–Crippen MR) is 197 cm³/mol. The van der Waals surface area contributed by atoms with E-state index < -0.39 is 13.9 Å². The third-order valence-electron chi connectivity index (χ3n) is 8.33. The molecule has 0 saturated heterocycles. The van der Waals surface area contributed by atoms with Crippen LogP contribution >= 0.6 is 7.82 Å². The molecule has 0 aromatic carbocycles. The van der Waals surface area contributed by atoms with Crippen molar-refractivity contribution in [2.45, 2.75) is 174 Å². The normalized spacial score (nSPS) is 14.1. The molecule has 8 nitrogen and oxygen atoms in total. The Morgan fingerprint density at radius 2 is 1.11 bits per heavy atom. The SMILES string of the molecule is CCCCCCCCC/C=C\CCCCCCCCOCC(COP(=O)(O)OCC[N+](C)(C)C)OC(=O)CCCCCCCCCC. The molecule has 0 aliphatic rings. The zero-order valence-corrected chi connectivity index (χ0v) is 32.4. The molecule has 0 aliphatic carbocycles. The Kier molecular flexibility index (Phi) is 31.9. The maximum atomic E-state index is 12.5. The monoisotopic (exact) mass is 691 g/mol. The zero-order valence-electron chi connectivity index (χ0n) is 31.5. The summed E-state index contributed by atoms with van der Waals surface area (Å²) in [5.74, 6) is -0.320. The second kappa shape index (κ2) is 32.4. The van der Waals surface area contributed by atoms with Crippen molar-refractivity contribution in [1.82, 2.24) is 0 Å². The van der Waals surface area contributed by atoms with Crippen molar-refractivity contribution in [3.05, 3.63) is 12.2 Å². The molecular formula is C38H77NO7P+. The van der Waals surface area contributed by atoms with E-state index in [-0.39, 0.29) is 25.8 Å². The van der Waals surface area contributed by atoms with Gasteiger partial charge in [-0.1, -0.05) is 135 Å². The molecule has 0 aromatic rings. The van der Waals surface area contributed by atoms with Crippen LogP contribution in [0.3, 0.4) is 0 Å². The molecule has 2 unspecified atom stereocenters. The molecule has 0 fully saturated rings. The third kappa shape index (κ3) is 36.3. The van der Waals surface area contributed by atoms with Crippen molar-refractivity contribution < 1.29 is 37.3 Å². The number of esters is 1. The summed E-state index contributed by atoms with van der Waals surface area (Å²) < 4.78 is 34.8. The van der Waals surface area contributed by atoms with Gasteiger partial charge in [0.2, 0.25) is 0 Å². The highest BCUT2D eigenvalue weighted by molar-refractivity contribution is 7.47. The molecule has 9 heteroatoms. The van der Waals surface area contributed by atoms with Gasteiger partial charge in [-0.3, -0.25) is 13.8 Å². The van der Waals surface area contributed by atoms with Gasteiger partial charge in [0.25, 0.3) is 0 Å². The van der Waals surface area contributed by atoms with Crippen LogP contribution < -0.4 is 0 Å². The first-order valence-corrected chi connectivity index (χ1v) is 20.9. The number of hydrogen-bond acceptors (Lipinski definition) is 6. The fourth-order valence-corrected chi connectivity index (χ4v) is 5.99. The van der Waals surface area contributed by atoms with E-state index in [1.807, 2.05) is 21.1 Å². The lowest BCUT2D eigenvalue weighted by atomic mass is 10.1. The molecule has 0 bridgehead atoms. The van der Waals surface area contributed by atoms with E-state index in [9.17, 15) is 14.3 Å². The first-order chi connectivity index (χ1) is 22.6. The van der Waals surface area contributed by atoms with E-state index in [0.29, 0.717) is 24.1 Å². The van der Waals surface area contributed by atoms with Crippen molar-refractivity contribution in [2.24, 2.45) is 0 Å². The number of carbonyl (C=O) groups is 1. The van der Waals surface area contributed by atoms with Gasteiger partial charge in [-0.15, -0.1) is 0 Å². The number of phosphoric acid groups is 1. The average molecular weight is 691 g/mol. The van der Waals surface area contributed by atoms with Gasteiger partial charge in [-0.05, 0) is 38.5 Å². The third-order valence-corrected chi connectivity index (χ3v) is 9.31. The number of likely N-dealkylation sites (N-methyl/N-ethyl adjacent to an activating group) is 1. The number of nitrogens with zero attached hydrogens (tertiary/aromatic N) is 1. The van der Waals surface area contributed by atoms with E-state index in [2.05, 4.69) is 26.0 Å². The highest BCUT2D eigenvalue weighted by atomic mass is 31.2. The summed E-state index contributed by atoms with van der Waals surface area (Å²) in [5, 5.41) is 0. The van der Waals surface area contributed by atoms with Crippen molar-refractivity contribution >= 4 is 13.8 Å². The quantitative estimate of drug-likeness (QED) is 0.0230. The first-order valence-electron chi connectivity index (χ1n) is 19.4. The summed E-state index contributed by atoms with van der Waals surface area (Å²) in [4.78, 5) is 22.7. The second-order valence-electron chi connectivity index (χ2n) is 14.3. The van der Waals surface area contributed by atoms with Crippen LogP contribution in [0.4, 0.5) is 0 Å². The number of quaternary nitrogens is 1. The number of unbranched alkanes of at least 4 members (excludes halogenated alkanes) is 20. The van der Waals surface area contributed by atoms with Gasteiger partial charge in [-0.25, -0.2) is 4.57 Å². The Morgan fingerprint density at radius 1 is 0.638 bits per heavy atom. The summed E-state index contributed by atoms with van der Waals surface area (Å²) >= 11 is 0. The van der Waals surface area contributed by atoms with Gasteiger partial charge < -0.3 is 18.9 Å². The molecule has 0 amide bonds. The lowest BCUT2D eigenvalue weighted by molar-refractivity contribution is -0.870. The number of carbonyl (C=O) groups excluding carboxylic acids is 1. The number of allylic oxidation sites excluding steroid dienone is 2. The number of ether oxygens (including phenoxy) is 2. The minimum atomic E-state index is -4.26. The summed E-state index contributed by atoms with van der Waals surface area (Å²) in [7, 11) is 1.67. The van der Waals surface area contributed by atoms with Crippen LogP contribution in [-0.4, -0.2) is 75.6 Å². The van der Waals surface area contributed by atoms with Gasteiger partial charge in [0.05, 0.1) is 34.4 Å². The maximum absolute atomic E-state index is 12.5. The Morgan fingerprint density at radius 3 is 1.62 bits per heavy atom. The largest absolute Gasteiger partial charge is 0.472 e. The molecule has 0 saturated carbocycles. The van der Waals surface area contributed by atoms with Crippen LogP contribution in [0.15, 0.2) is 12.2 Å². The van der Waals surface area contributed by atoms with Gasteiger partial charge in [-0.2, -0.15) is 0 Å². The van der Waals surface area contributed by atoms with Crippen LogP contribution in [0.25, 0.3) is 0 Å². The van der Waals surface area contributed by atoms with Crippen LogP contribution in [0, 0.1) is 0 Å². The molecule has 47 heavy (non-hydrogen) atoms.